The largest absolute Gasteiger partial charge is 0.489 e. The van der Waals surface area contributed by atoms with Crippen LogP contribution in [-0.4, -0.2) is 34.5 Å². The summed E-state index contributed by atoms with van der Waals surface area (Å²) in [5.41, 5.74) is 4.18. The van der Waals surface area contributed by atoms with Gasteiger partial charge in [-0.15, -0.1) is 0 Å². The molecule has 1 atom stereocenters. The maximum Gasteiger partial charge on any atom is 0.138 e. The molecule has 2 rings (SSSR count). The average Bonchev–Trinajstić information content (AvgIpc) is 2.73. The van der Waals surface area contributed by atoms with Gasteiger partial charge in [0.15, 0.2) is 0 Å². The van der Waals surface area contributed by atoms with Gasteiger partial charge in [0.05, 0.1) is 24.8 Å². The molecule has 0 amide bonds. The topological polar surface area (TPSA) is 46.2 Å². The monoisotopic (exact) mass is 436 g/mol. The zero-order valence-electron chi connectivity index (χ0n) is 18.6. The number of benzene rings is 2. The van der Waals surface area contributed by atoms with Crippen LogP contribution in [0.25, 0.3) is 0 Å². The minimum atomic E-state index is 0.375. The van der Waals surface area contributed by atoms with Gasteiger partial charge in [-0.3, -0.25) is 0 Å². The van der Waals surface area contributed by atoms with E-state index < -0.39 is 0 Å². The molecule has 0 radical (unpaired) electrons. The maximum atomic E-state index is 6.40. The van der Waals surface area contributed by atoms with Crippen molar-refractivity contribution < 1.29 is 23.7 Å². The summed E-state index contributed by atoms with van der Waals surface area (Å²) in [7, 11) is 5.00. The van der Waals surface area contributed by atoms with E-state index in [-0.39, 0.29) is 0 Å². The first kappa shape index (κ1) is 24.5. The number of hydrogen-bond acceptors (Lipinski definition) is 5. The van der Waals surface area contributed by atoms with Crippen molar-refractivity contribution in [3.05, 3.63) is 57.6 Å². The molecule has 0 aliphatic heterocycles. The smallest absolute Gasteiger partial charge is 0.138 e. The standard InChI is InChI=1S/C24H33ClO5/c1-6-17(2)19-7-8-23(22(25)13-19)29-9-10-30-24-20(15-27-4)11-18(14-26-3)12-21(24)16-28-5/h7-8,11-13,17H,6,9-10,14-16H2,1-5H3. The molecule has 2 aromatic carbocycles. The molecule has 1 unspecified atom stereocenters. The van der Waals surface area contributed by atoms with Gasteiger partial charge < -0.3 is 23.7 Å². The van der Waals surface area contributed by atoms with Crippen molar-refractivity contribution in [3.8, 4) is 11.5 Å². The quantitative estimate of drug-likeness (QED) is 0.374. The second-order valence-electron chi connectivity index (χ2n) is 7.24. The van der Waals surface area contributed by atoms with Crippen molar-refractivity contribution in [2.45, 2.75) is 46.0 Å². The number of hydrogen-bond donors (Lipinski definition) is 0. The predicted molar refractivity (Wildman–Crippen MR) is 120 cm³/mol. The van der Waals surface area contributed by atoms with Gasteiger partial charge in [-0.2, -0.15) is 0 Å². The lowest BCUT2D eigenvalue weighted by Crippen LogP contribution is -2.12. The second-order valence-corrected chi connectivity index (χ2v) is 7.65. The van der Waals surface area contributed by atoms with Crippen molar-refractivity contribution in [1.29, 1.82) is 0 Å². The van der Waals surface area contributed by atoms with Crippen LogP contribution < -0.4 is 9.47 Å². The van der Waals surface area contributed by atoms with E-state index in [4.69, 9.17) is 35.3 Å². The highest BCUT2D eigenvalue weighted by Crippen LogP contribution is 2.30. The molecule has 2 aromatic rings. The zero-order valence-corrected chi connectivity index (χ0v) is 19.4. The first-order chi connectivity index (χ1) is 14.5. The van der Waals surface area contributed by atoms with Gasteiger partial charge in [-0.05, 0) is 47.7 Å². The van der Waals surface area contributed by atoms with Crippen molar-refractivity contribution >= 4 is 11.6 Å². The van der Waals surface area contributed by atoms with E-state index in [2.05, 4.69) is 19.9 Å². The highest BCUT2D eigenvalue weighted by molar-refractivity contribution is 6.32. The van der Waals surface area contributed by atoms with E-state index in [1.165, 1.54) is 5.56 Å². The van der Waals surface area contributed by atoms with Crippen LogP contribution in [0.3, 0.4) is 0 Å². The lowest BCUT2D eigenvalue weighted by molar-refractivity contribution is 0.161. The van der Waals surface area contributed by atoms with Crippen LogP contribution in [0.5, 0.6) is 11.5 Å². The molecule has 6 heteroatoms. The Bertz CT molecular complexity index is 766. The van der Waals surface area contributed by atoms with Crippen LogP contribution in [-0.2, 0) is 34.0 Å². The van der Waals surface area contributed by atoms with Crippen LogP contribution in [0.4, 0.5) is 0 Å². The number of rotatable bonds is 13. The van der Waals surface area contributed by atoms with Crippen molar-refractivity contribution in [1.82, 2.24) is 0 Å². The predicted octanol–water partition coefficient (Wildman–Crippen LogP) is 5.75. The number of methoxy groups -OCH3 is 3. The molecular weight excluding hydrogens is 404 g/mol. The minimum absolute atomic E-state index is 0.375. The SMILES string of the molecule is CCC(C)c1ccc(OCCOc2c(COC)cc(COC)cc2COC)c(Cl)c1. The van der Waals surface area contributed by atoms with E-state index in [1.54, 1.807) is 21.3 Å². The Morgan fingerprint density at radius 3 is 1.97 bits per heavy atom. The molecule has 5 nitrogen and oxygen atoms in total. The molecule has 0 bridgehead atoms. The van der Waals surface area contributed by atoms with Gasteiger partial charge in [0, 0.05) is 32.5 Å². The first-order valence-electron chi connectivity index (χ1n) is 10.2. The molecule has 0 fully saturated rings. The third-order valence-electron chi connectivity index (χ3n) is 4.94. The lowest BCUT2D eigenvalue weighted by Gasteiger charge is -2.18. The minimum Gasteiger partial charge on any atom is -0.489 e. The Labute approximate surface area is 185 Å². The fraction of sp³-hybridized carbons (Fsp3) is 0.500. The van der Waals surface area contributed by atoms with Gasteiger partial charge in [0.1, 0.15) is 24.7 Å². The van der Waals surface area contributed by atoms with E-state index >= 15 is 0 Å². The molecule has 0 aromatic heterocycles. The molecular formula is C24H33ClO5. The van der Waals surface area contributed by atoms with E-state index in [9.17, 15) is 0 Å². The molecule has 30 heavy (non-hydrogen) atoms. The zero-order chi connectivity index (χ0) is 21.9. The van der Waals surface area contributed by atoms with E-state index in [0.717, 1.165) is 28.9 Å². The van der Waals surface area contributed by atoms with E-state index in [0.29, 0.717) is 49.7 Å². The molecule has 0 aliphatic carbocycles. The number of ether oxygens (including phenoxy) is 5. The summed E-state index contributed by atoms with van der Waals surface area (Å²) < 4.78 is 27.9. The molecule has 0 aliphatic rings. The molecule has 0 heterocycles. The van der Waals surface area contributed by atoms with Gasteiger partial charge >= 0.3 is 0 Å². The fourth-order valence-electron chi connectivity index (χ4n) is 3.26. The number of halogens is 1. The molecule has 0 saturated carbocycles. The Hall–Kier alpha value is -1.79. The maximum absolute atomic E-state index is 6.40. The van der Waals surface area contributed by atoms with Crippen molar-refractivity contribution in [2.24, 2.45) is 0 Å². The summed E-state index contributed by atoms with van der Waals surface area (Å²) in [4.78, 5) is 0. The Balaban J connectivity index is 2.06. The highest BCUT2D eigenvalue weighted by atomic mass is 35.5. The molecule has 0 N–H and O–H groups in total. The van der Waals surface area contributed by atoms with E-state index in [1.807, 2.05) is 24.3 Å². The summed E-state index contributed by atoms with van der Waals surface area (Å²) in [6.45, 7) is 6.50. The summed E-state index contributed by atoms with van der Waals surface area (Å²) >= 11 is 6.40. The molecule has 166 valence electrons. The van der Waals surface area contributed by atoms with Crippen LogP contribution in [0.15, 0.2) is 30.3 Å². The Kier molecular flexibility index (Phi) is 10.4. The third-order valence-corrected chi connectivity index (χ3v) is 5.23. The summed E-state index contributed by atoms with van der Waals surface area (Å²) in [5.74, 6) is 1.90. The Morgan fingerprint density at radius 1 is 0.833 bits per heavy atom. The summed E-state index contributed by atoms with van der Waals surface area (Å²) in [6.07, 6.45) is 1.07. The van der Waals surface area contributed by atoms with Crippen LogP contribution in [0.1, 0.15) is 48.4 Å². The van der Waals surface area contributed by atoms with Crippen molar-refractivity contribution in [3.63, 3.8) is 0 Å². The third kappa shape index (κ3) is 6.88. The summed E-state index contributed by atoms with van der Waals surface area (Å²) in [6, 6.07) is 10.0. The van der Waals surface area contributed by atoms with Crippen molar-refractivity contribution in [2.75, 3.05) is 34.5 Å². The average molecular weight is 437 g/mol. The lowest BCUT2D eigenvalue weighted by atomic mass is 9.99. The highest BCUT2D eigenvalue weighted by Gasteiger charge is 2.14. The van der Waals surface area contributed by atoms with Crippen LogP contribution >= 0.6 is 11.6 Å². The summed E-state index contributed by atoms with van der Waals surface area (Å²) in [5, 5.41) is 0.622. The second kappa shape index (κ2) is 12.8. The first-order valence-corrected chi connectivity index (χ1v) is 10.6. The van der Waals surface area contributed by atoms with Gasteiger partial charge in [0.2, 0.25) is 0 Å². The fourth-order valence-corrected chi connectivity index (χ4v) is 3.50. The van der Waals surface area contributed by atoms with Gasteiger partial charge in [0.25, 0.3) is 0 Å². The molecule has 0 saturated heterocycles. The van der Waals surface area contributed by atoms with Crippen LogP contribution in [0.2, 0.25) is 5.02 Å². The van der Waals surface area contributed by atoms with Crippen LogP contribution in [0, 0.1) is 0 Å². The Morgan fingerprint density at radius 2 is 1.43 bits per heavy atom. The molecule has 0 spiro atoms. The van der Waals surface area contributed by atoms with Gasteiger partial charge in [-0.1, -0.05) is 31.5 Å². The van der Waals surface area contributed by atoms with Gasteiger partial charge in [-0.25, -0.2) is 0 Å². The normalized spacial score (nSPS) is 12.1.